The number of hydrogen-bond acceptors (Lipinski definition) is 5. The number of nitro benzene ring substituents is 1. The predicted molar refractivity (Wildman–Crippen MR) is 124 cm³/mol. The van der Waals surface area contributed by atoms with Crippen molar-refractivity contribution < 1.29 is 19.2 Å². The zero-order valence-electron chi connectivity index (χ0n) is 16.9. The van der Waals surface area contributed by atoms with Crippen LogP contribution in [0.15, 0.2) is 83.0 Å². The third-order valence-corrected chi connectivity index (χ3v) is 5.04. The lowest BCUT2D eigenvalue weighted by Crippen LogP contribution is -2.31. The quantitative estimate of drug-likeness (QED) is 0.278. The normalized spacial score (nSPS) is 10.9. The number of amides is 2. The van der Waals surface area contributed by atoms with E-state index in [1.54, 1.807) is 54.6 Å². The number of carbonyl (C=O) groups excluding carboxylic acids is 2. The second kappa shape index (κ2) is 10.4. The van der Waals surface area contributed by atoms with E-state index in [4.69, 9.17) is 4.74 Å². The molecule has 3 aromatic carbocycles. The van der Waals surface area contributed by atoms with Gasteiger partial charge in [-0.15, -0.1) is 0 Å². The highest BCUT2D eigenvalue weighted by Gasteiger charge is 2.17. The third-order valence-electron chi connectivity index (χ3n) is 4.35. The van der Waals surface area contributed by atoms with Gasteiger partial charge in [0.15, 0.2) is 0 Å². The van der Waals surface area contributed by atoms with Crippen molar-refractivity contribution in [1.82, 2.24) is 5.32 Å². The van der Waals surface area contributed by atoms with Crippen molar-refractivity contribution in [2.75, 3.05) is 12.4 Å². The average molecular weight is 496 g/mol. The van der Waals surface area contributed by atoms with Gasteiger partial charge in [-0.1, -0.05) is 24.3 Å². The van der Waals surface area contributed by atoms with E-state index in [2.05, 4.69) is 26.6 Å². The van der Waals surface area contributed by atoms with Crippen molar-refractivity contribution in [3.8, 4) is 5.75 Å². The van der Waals surface area contributed by atoms with Gasteiger partial charge in [0, 0.05) is 22.3 Å². The van der Waals surface area contributed by atoms with E-state index in [1.165, 1.54) is 31.4 Å². The monoisotopic (exact) mass is 495 g/mol. The Morgan fingerprint density at radius 2 is 1.75 bits per heavy atom. The smallest absolute Gasteiger partial charge is 0.272 e. The van der Waals surface area contributed by atoms with Gasteiger partial charge in [-0.2, -0.15) is 0 Å². The topological polar surface area (TPSA) is 111 Å². The first kappa shape index (κ1) is 22.7. The summed E-state index contributed by atoms with van der Waals surface area (Å²) in [5.74, 6) is -0.487. The van der Waals surface area contributed by atoms with E-state index in [1.807, 2.05) is 0 Å². The summed E-state index contributed by atoms with van der Waals surface area (Å²) in [6, 6.07) is 19.2. The molecule has 0 radical (unpaired) electrons. The van der Waals surface area contributed by atoms with E-state index < -0.39 is 16.7 Å². The first-order chi connectivity index (χ1) is 15.4. The summed E-state index contributed by atoms with van der Waals surface area (Å²) in [5, 5.41) is 16.4. The fraction of sp³-hybridized carbons (Fsp3) is 0.0435. The standard InChI is InChI=1S/C23H18BrN3O5/c1-32-18-11-9-16(10-12-18)25-23(29)21(14-15-5-4-6-17(13-15)27(30)31)26-22(28)19-7-2-3-8-20(19)24/h2-14H,1H3,(H,25,29)(H,26,28)/b21-14-. The van der Waals surface area contributed by atoms with Crippen LogP contribution in [0.25, 0.3) is 6.08 Å². The van der Waals surface area contributed by atoms with Crippen molar-refractivity contribution in [3.63, 3.8) is 0 Å². The second-order valence-electron chi connectivity index (χ2n) is 6.53. The number of rotatable bonds is 7. The molecule has 9 heteroatoms. The molecule has 0 heterocycles. The Morgan fingerprint density at radius 3 is 2.41 bits per heavy atom. The molecule has 0 bridgehead atoms. The summed E-state index contributed by atoms with van der Waals surface area (Å²) >= 11 is 3.32. The number of hydrogen-bond donors (Lipinski definition) is 2. The molecule has 2 amide bonds. The predicted octanol–water partition coefficient (Wildman–Crippen LogP) is 4.78. The fourth-order valence-corrected chi connectivity index (χ4v) is 3.23. The number of benzene rings is 3. The van der Waals surface area contributed by atoms with Gasteiger partial charge in [0.2, 0.25) is 0 Å². The highest BCUT2D eigenvalue weighted by molar-refractivity contribution is 9.10. The van der Waals surface area contributed by atoms with Gasteiger partial charge in [-0.3, -0.25) is 19.7 Å². The SMILES string of the molecule is COc1ccc(NC(=O)/C(=C/c2cccc([N+](=O)[O-])c2)NC(=O)c2ccccc2Br)cc1. The fourth-order valence-electron chi connectivity index (χ4n) is 2.76. The highest BCUT2D eigenvalue weighted by atomic mass is 79.9. The van der Waals surface area contributed by atoms with E-state index in [-0.39, 0.29) is 11.4 Å². The van der Waals surface area contributed by atoms with E-state index in [0.29, 0.717) is 27.0 Å². The number of nitrogens with one attached hydrogen (secondary N) is 2. The number of methoxy groups -OCH3 is 1. The Kier molecular flexibility index (Phi) is 7.35. The van der Waals surface area contributed by atoms with Gasteiger partial charge in [0.05, 0.1) is 17.6 Å². The minimum Gasteiger partial charge on any atom is -0.497 e. The Bertz CT molecular complexity index is 1190. The number of anilines is 1. The van der Waals surface area contributed by atoms with Crippen molar-refractivity contribution in [3.05, 3.63) is 104 Å². The molecule has 162 valence electrons. The van der Waals surface area contributed by atoms with Crippen LogP contribution in [0.4, 0.5) is 11.4 Å². The molecule has 0 aliphatic heterocycles. The van der Waals surface area contributed by atoms with Crippen LogP contribution in [-0.2, 0) is 4.79 Å². The third kappa shape index (κ3) is 5.79. The van der Waals surface area contributed by atoms with Crippen LogP contribution >= 0.6 is 15.9 Å². The number of nitro groups is 1. The molecule has 3 aromatic rings. The molecule has 0 spiro atoms. The maximum atomic E-state index is 13.0. The summed E-state index contributed by atoms with van der Waals surface area (Å²) in [5.41, 5.74) is 0.977. The van der Waals surface area contributed by atoms with Gasteiger partial charge in [-0.05, 0) is 64.0 Å². The molecule has 3 rings (SSSR count). The molecule has 0 saturated heterocycles. The van der Waals surface area contributed by atoms with Gasteiger partial charge in [0.25, 0.3) is 17.5 Å². The largest absolute Gasteiger partial charge is 0.497 e. The molecule has 0 saturated carbocycles. The Morgan fingerprint density at radius 1 is 1.03 bits per heavy atom. The zero-order chi connectivity index (χ0) is 23.1. The van der Waals surface area contributed by atoms with Crippen molar-refractivity contribution >= 4 is 45.2 Å². The molecule has 0 aliphatic rings. The summed E-state index contributed by atoms with van der Waals surface area (Å²) in [7, 11) is 1.53. The van der Waals surface area contributed by atoms with Gasteiger partial charge < -0.3 is 15.4 Å². The lowest BCUT2D eigenvalue weighted by atomic mass is 10.1. The Labute approximate surface area is 192 Å². The Hall–Kier alpha value is -3.98. The Balaban J connectivity index is 1.93. The lowest BCUT2D eigenvalue weighted by Gasteiger charge is -2.12. The summed E-state index contributed by atoms with van der Waals surface area (Å²) in [6.07, 6.45) is 1.38. The first-order valence-electron chi connectivity index (χ1n) is 9.35. The molecule has 0 aromatic heterocycles. The van der Waals surface area contributed by atoms with Gasteiger partial charge in [0.1, 0.15) is 11.4 Å². The van der Waals surface area contributed by atoms with Crippen LogP contribution in [0.3, 0.4) is 0 Å². The first-order valence-corrected chi connectivity index (χ1v) is 10.1. The molecular weight excluding hydrogens is 478 g/mol. The molecule has 32 heavy (non-hydrogen) atoms. The van der Waals surface area contributed by atoms with Crippen molar-refractivity contribution in [1.29, 1.82) is 0 Å². The summed E-state index contributed by atoms with van der Waals surface area (Å²) in [4.78, 5) is 36.3. The van der Waals surface area contributed by atoms with Crippen LogP contribution in [0.2, 0.25) is 0 Å². The molecular formula is C23H18BrN3O5. The van der Waals surface area contributed by atoms with Crippen LogP contribution < -0.4 is 15.4 Å². The number of ether oxygens (including phenoxy) is 1. The van der Waals surface area contributed by atoms with Gasteiger partial charge >= 0.3 is 0 Å². The number of halogens is 1. The average Bonchev–Trinajstić information content (AvgIpc) is 2.79. The molecule has 0 aliphatic carbocycles. The molecule has 0 atom stereocenters. The number of carbonyl (C=O) groups is 2. The second-order valence-corrected chi connectivity index (χ2v) is 7.38. The van der Waals surface area contributed by atoms with E-state index in [9.17, 15) is 19.7 Å². The van der Waals surface area contributed by atoms with Gasteiger partial charge in [-0.25, -0.2) is 0 Å². The van der Waals surface area contributed by atoms with Crippen LogP contribution in [0.1, 0.15) is 15.9 Å². The van der Waals surface area contributed by atoms with Crippen molar-refractivity contribution in [2.45, 2.75) is 0 Å². The lowest BCUT2D eigenvalue weighted by molar-refractivity contribution is -0.384. The molecule has 0 unspecified atom stereocenters. The summed E-state index contributed by atoms with van der Waals surface area (Å²) < 4.78 is 5.66. The highest BCUT2D eigenvalue weighted by Crippen LogP contribution is 2.20. The van der Waals surface area contributed by atoms with E-state index in [0.717, 1.165) is 0 Å². The zero-order valence-corrected chi connectivity index (χ0v) is 18.5. The molecule has 8 nitrogen and oxygen atoms in total. The maximum absolute atomic E-state index is 13.0. The minimum atomic E-state index is -0.595. The van der Waals surface area contributed by atoms with E-state index >= 15 is 0 Å². The van der Waals surface area contributed by atoms with Crippen LogP contribution in [0, 0.1) is 10.1 Å². The minimum absolute atomic E-state index is 0.0814. The number of non-ortho nitro benzene ring substituents is 1. The molecule has 2 N–H and O–H groups in total. The molecule has 0 fully saturated rings. The van der Waals surface area contributed by atoms with Crippen LogP contribution in [0.5, 0.6) is 5.75 Å². The number of nitrogens with zero attached hydrogens (tertiary/aromatic N) is 1. The summed E-state index contributed by atoms with van der Waals surface area (Å²) in [6.45, 7) is 0. The van der Waals surface area contributed by atoms with Crippen molar-refractivity contribution in [2.24, 2.45) is 0 Å². The maximum Gasteiger partial charge on any atom is 0.272 e. The van der Waals surface area contributed by atoms with Crippen LogP contribution in [-0.4, -0.2) is 23.8 Å².